The number of nitrogens with zero attached hydrogens (tertiary/aromatic N) is 1. The number of rotatable bonds is 5. The molecule has 1 heterocycles. The fourth-order valence-electron chi connectivity index (χ4n) is 1.51. The highest BCUT2D eigenvalue weighted by molar-refractivity contribution is 8.00. The number of alkyl carbamates (subject to hydrolysis) is 1. The first-order valence-corrected chi connectivity index (χ1v) is 9.18. The number of carbonyl (C=O) groups is 3. The number of carbonyl (C=O) groups excluding carboxylic acids is 3. The number of nitrogens with one attached hydrogen (secondary N) is 3. The molecule has 0 saturated heterocycles. The van der Waals surface area contributed by atoms with Crippen molar-refractivity contribution in [2.24, 2.45) is 0 Å². The summed E-state index contributed by atoms with van der Waals surface area (Å²) in [6.07, 6.45) is 1.14. The molecule has 0 aliphatic carbocycles. The molecule has 1 rings (SSSR count). The third kappa shape index (κ3) is 6.00. The minimum atomic E-state index is -0.836. The van der Waals surface area contributed by atoms with Gasteiger partial charge in [0.1, 0.15) is 16.6 Å². The first-order chi connectivity index (χ1) is 11.1. The van der Waals surface area contributed by atoms with Crippen molar-refractivity contribution in [2.75, 3.05) is 18.6 Å². The topological polar surface area (TPSA) is 109 Å². The number of hydrogen-bond acceptors (Lipinski definition) is 7. The van der Waals surface area contributed by atoms with Gasteiger partial charge in [-0.15, -0.1) is 0 Å². The molecule has 0 aromatic carbocycles. The van der Waals surface area contributed by atoms with Crippen molar-refractivity contribution in [2.45, 2.75) is 43.7 Å². The zero-order chi connectivity index (χ0) is 18.5. The number of anilines is 1. The number of amides is 3. The highest BCUT2D eigenvalue weighted by Crippen LogP contribution is 2.30. The lowest BCUT2D eigenvalue weighted by Crippen LogP contribution is -2.44. The Hall–Kier alpha value is -1.81. The number of hydrogen-bond donors (Lipinski definition) is 3. The lowest BCUT2D eigenvalue weighted by Gasteiger charge is -2.21. The molecule has 0 fully saturated rings. The molecule has 0 unspecified atom stereocenters. The summed E-state index contributed by atoms with van der Waals surface area (Å²) in [5.41, 5.74) is -0.512. The number of thiazole rings is 1. The Balaban J connectivity index is 2.78. The van der Waals surface area contributed by atoms with Crippen LogP contribution in [0.25, 0.3) is 0 Å². The van der Waals surface area contributed by atoms with Crippen LogP contribution in [0.5, 0.6) is 0 Å². The van der Waals surface area contributed by atoms with Crippen molar-refractivity contribution in [3.05, 3.63) is 5.69 Å². The third-order valence-electron chi connectivity index (χ3n) is 2.59. The number of aromatic nitrogens is 1. The Morgan fingerprint density at radius 3 is 2.42 bits per heavy atom. The molecule has 10 heteroatoms. The van der Waals surface area contributed by atoms with E-state index in [2.05, 4.69) is 20.9 Å². The van der Waals surface area contributed by atoms with Gasteiger partial charge in [-0.05, 0) is 34.0 Å². The molecular weight excluding hydrogens is 352 g/mol. The lowest BCUT2D eigenvalue weighted by atomic mass is 10.2. The molecule has 8 nitrogen and oxygen atoms in total. The minimum absolute atomic E-state index is 0.143. The van der Waals surface area contributed by atoms with E-state index in [1.165, 1.54) is 37.1 Å². The molecule has 134 valence electrons. The maximum absolute atomic E-state index is 12.2. The highest BCUT2D eigenvalue weighted by Gasteiger charge is 2.24. The van der Waals surface area contributed by atoms with E-state index in [0.717, 1.165) is 0 Å². The average Bonchev–Trinajstić information content (AvgIpc) is 2.87. The maximum atomic E-state index is 12.2. The van der Waals surface area contributed by atoms with Crippen LogP contribution in [-0.2, 0) is 9.53 Å². The van der Waals surface area contributed by atoms with Gasteiger partial charge < -0.3 is 20.7 Å². The zero-order valence-electron chi connectivity index (χ0n) is 14.5. The lowest BCUT2D eigenvalue weighted by molar-refractivity contribution is -0.117. The van der Waals surface area contributed by atoms with Gasteiger partial charge in [0.15, 0.2) is 10.0 Å². The predicted octanol–water partition coefficient (Wildman–Crippen LogP) is 2.08. The number of thioether (sulfide) groups is 1. The van der Waals surface area contributed by atoms with Crippen molar-refractivity contribution in [1.29, 1.82) is 0 Å². The Kier molecular flexibility index (Phi) is 7.03. The van der Waals surface area contributed by atoms with E-state index < -0.39 is 29.6 Å². The molecule has 3 N–H and O–H groups in total. The van der Waals surface area contributed by atoms with Gasteiger partial charge in [0.05, 0.1) is 0 Å². The van der Waals surface area contributed by atoms with Gasteiger partial charge in [0, 0.05) is 7.05 Å². The summed E-state index contributed by atoms with van der Waals surface area (Å²) >= 11 is 2.56. The van der Waals surface area contributed by atoms with Crippen molar-refractivity contribution in [3.63, 3.8) is 0 Å². The van der Waals surface area contributed by atoms with Crippen LogP contribution in [0, 0.1) is 0 Å². The quantitative estimate of drug-likeness (QED) is 0.681. The average molecular weight is 374 g/mol. The molecule has 0 radical (unpaired) electrons. The summed E-state index contributed by atoms with van der Waals surface area (Å²) in [6.45, 7) is 6.71. The molecule has 1 atom stereocenters. The standard InChI is InChI=1S/C14H22N4O4S2/c1-7(16-12(21)22-14(2,3)4)9(19)18-11-8(10(20)15-5)17-13(23-6)24-11/h7H,1-6H3,(H,15,20)(H,16,21)(H,18,19)/t7-/m0/s1. The Morgan fingerprint density at radius 2 is 1.92 bits per heavy atom. The van der Waals surface area contributed by atoms with Crippen molar-refractivity contribution in [1.82, 2.24) is 15.6 Å². The smallest absolute Gasteiger partial charge is 0.408 e. The summed E-state index contributed by atoms with van der Waals surface area (Å²) < 4.78 is 5.75. The van der Waals surface area contributed by atoms with E-state index in [9.17, 15) is 14.4 Å². The monoisotopic (exact) mass is 374 g/mol. The van der Waals surface area contributed by atoms with Crippen LogP contribution < -0.4 is 16.0 Å². The molecular formula is C14H22N4O4S2. The van der Waals surface area contributed by atoms with Crippen LogP contribution in [0.2, 0.25) is 0 Å². The molecule has 24 heavy (non-hydrogen) atoms. The normalized spacial score (nSPS) is 12.2. The molecule has 1 aromatic rings. The largest absolute Gasteiger partial charge is 0.444 e. The van der Waals surface area contributed by atoms with Crippen LogP contribution in [0.4, 0.5) is 9.80 Å². The summed E-state index contributed by atoms with van der Waals surface area (Å²) in [6, 6.07) is -0.836. The Labute approximate surface area is 149 Å². The summed E-state index contributed by atoms with van der Waals surface area (Å²) in [7, 11) is 1.48. The molecule has 0 aliphatic heterocycles. The van der Waals surface area contributed by atoms with Gasteiger partial charge in [0.2, 0.25) is 5.91 Å². The van der Waals surface area contributed by atoms with Crippen molar-refractivity contribution < 1.29 is 19.1 Å². The van der Waals surface area contributed by atoms with E-state index in [0.29, 0.717) is 9.34 Å². The zero-order valence-corrected chi connectivity index (χ0v) is 16.1. The summed E-state index contributed by atoms with van der Waals surface area (Å²) in [5.74, 6) is -0.864. The molecule has 0 spiro atoms. The van der Waals surface area contributed by atoms with E-state index in [1.807, 2.05) is 6.26 Å². The van der Waals surface area contributed by atoms with Crippen LogP contribution in [0.1, 0.15) is 38.2 Å². The predicted molar refractivity (Wildman–Crippen MR) is 94.7 cm³/mol. The molecule has 0 saturated carbocycles. The SMILES string of the molecule is CNC(=O)c1nc(SC)sc1NC(=O)[C@H](C)NC(=O)OC(C)(C)C. The maximum Gasteiger partial charge on any atom is 0.408 e. The van der Waals surface area contributed by atoms with E-state index in [1.54, 1.807) is 20.8 Å². The summed E-state index contributed by atoms with van der Waals surface area (Å²) in [4.78, 5) is 39.9. The second-order valence-corrected chi connectivity index (χ2v) is 7.85. The second-order valence-electron chi connectivity index (χ2n) is 5.80. The highest BCUT2D eigenvalue weighted by atomic mass is 32.2. The molecule has 1 aromatic heterocycles. The van der Waals surface area contributed by atoms with Gasteiger partial charge in [-0.2, -0.15) is 0 Å². The fraction of sp³-hybridized carbons (Fsp3) is 0.571. The van der Waals surface area contributed by atoms with Crippen molar-refractivity contribution >= 4 is 46.0 Å². The first-order valence-electron chi connectivity index (χ1n) is 7.14. The minimum Gasteiger partial charge on any atom is -0.444 e. The van der Waals surface area contributed by atoms with E-state index in [4.69, 9.17) is 4.74 Å². The van der Waals surface area contributed by atoms with Gasteiger partial charge in [-0.25, -0.2) is 9.78 Å². The third-order valence-corrected chi connectivity index (χ3v) is 4.54. The summed E-state index contributed by atoms with van der Waals surface area (Å²) in [5, 5.41) is 7.88. The first kappa shape index (κ1) is 20.2. The second kappa shape index (κ2) is 8.34. The van der Waals surface area contributed by atoms with E-state index in [-0.39, 0.29) is 5.69 Å². The Morgan fingerprint density at radius 1 is 1.29 bits per heavy atom. The molecule has 3 amide bonds. The van der Waals surface area contributed by atoms with Gasteiger partial charge in [0.25, 0.3) is 5.91 Å². The molecule has 0 bridgehead atoms. The Bertz CT molecular complexity index is 625. The van der Waals surface area contributed by atoms with Crippen molar-refractivity contribution in [3.8, 4) is 0 Å². The van der Waals surface area contributed by atoms with Gasteiger partial charge in [-0.3, -0.25) is 9.59 Å². The van der Waals surface area contributed by atoms with Crippen LogP contribution >= 0.6 is 23.1 Å². The van der Waals surface area contributed by atoms with Gasteiger partial charge >= 0.3 is 6.09 Å². The van der Waals surface area contributed by atoms with Crippen LogP contribution in [0.3, 0.4) is 0 Å². The number of ether oxygens (including phenoxy) is 1. The van der Waals surface area contributed by atoms with Crippen LogP contribution in [-0.4, -0.2) is 47.8 Å². The van der Waals surface area contributed by atoms with Crippen LogP contribution in [0.15, 0.2) is 4.34 Å². The molecule has 0 aliphatic rings. The van der Waals surface area contributed by atoms with Gasteiger partial charge in [-0.1, -0.05) is 23.1 Å². The fourth-order valence-corrected chi connectivity index (χ4v) is 2.98. The van der Waals surface area contributed by atoms with E-state index >= 15 is 0 Å².